The molecule has 4 heterocycles. The van der Waals surface area contributed by atoms with Gasteiger partial charge in [-0.05, 0) is 47.1 Å². The van der Waals surface area contributed by atoms with E-state index in [1.807, 2.05) is 9.80 Å². The third kappa shape index (κ3) is 6.98. The van der Waals surface area contributed by atoms with E-state index >= 15 is 0 Å². The van der Waals surface area contributed by atoms with Crippen molar-refractivity contribution < 1.29 is 42.2 Å². The third-order valence-corrected chi connectivity index (χ3v) is 8.04. The maximum absolute atomic E-state index is 12.5. The van der Waals surface area contributed by atoms with Crippen LogP contribution in [0.1, 0.15) is 38.0 Å². The zero-order valence-electron chi connectivity index (χ0n) is 25.4. The summed E-state index contributed by atoms with van der Waals surface area (Å²) in [7, 11) is 2.54. The molecule has 13 nitrogen and oxygen atoms in total. The summed E-state index contributed by atoms with van der Waals surface area (Å²) < 4.78 is 32.2. The van der Waals surface area contributed by atoms with Gasteiger partial charge in [-0.1, -0.05) is 0 Å². The van der Waals surface area contributed by atoms with Crippen molar-refractivity contribution in [2.75, 3.05) is 76.6 Å². The van der Waals surface area contributed by atoms with Crippen LogP contribution < -0.4 is 20.7 Å². The van der Waals surface area contributed by atoms with Crippen LogP contribution in [0, 0.1) is 0 Å². The van der Waals surface area contributed by atoms with Crippen LogP contribution in [0.15, 0.2) is 59.3 Å². The molecule has 0 atom stereocenters. The smallest absolute Gasteiger partial charge is 0.337 e. The van der Waals surface area contributed by atoms with E-state index in [-0.39, 0.29) is 38.7 Å². The van der Waals surface area contributed by atoms with Crippen molar-refractivity contribution in [3.8, 4) is 0 Å². The lowest BCUT2D eigenvalue weighted by Gasteiger charge is -2.27. The highest BCUT2D eigenvalue weighted by atomic mass is 79.9. The van der Waals surface area contributed by atoms with Crippen molar-refractivity contribution in [3.05, 3.63) is 78.0 Å². The van der Waals surface area contributed by atoms with Gasteiger partial charge in [-0.25, -0.2) is 9.59 Å². The summed E-state index contributed by atoms with van der Waals surface area (Å²) in [5, 5.41) is 0.520. The summed E-state index contributed by atoms with van der Waals surface area (Å²) in [6, 6.07) is 8.67. The van der Waals surface area contributed by atoms with E-state index < -0.39 is 11.9 Å². The first kappa shape index (κ1) is 32.9. The van der Waals surface area contributed by atoms with Gasteiger partial charge in [0.1, 0.15) is 0 Å². The average molecular weight is 700 g/mol. The number of hydrogen-bond donors (Lipinski definition) is 0. The lowest BCUT2D eigenvalue weighted by Crippen LogP contribution is -2.36. The fourth-order valence-electron chi connectivity index (χ4n) is 5.06. The molecule has 2 aliphatic heterocycles. The second-order valence-corrected chi connectivity index (χ2v) is 11.2. The predicted molar refractivity (Wildman–Crippen MR) is 171 cm³/mol. The predicted octanol–water partition coefficient (Wildman–Crippen LogP) is 3.80. The van der Waals surface area contributed by atoms with Gasteiger partial charge in [-0.15, -0.1) is 0 Å². The summed E-state index contributed by atoms with van der Waals surface area (Å²) in [6.45, 7) is 6.20. The lowest BCUT2D eigenvalue weighted by atomic mass is 10.0. The number of methoxy groups -OCH3 is 2. The highest BCUT2D eigenvalue weighted by molar-refractivity contribution is 9.10. The fourth-order valence-corrected chi connectivity index (χ4v) is 5.60. The molecule has 0 aliphatic carbocycles. The molecular formula is C32H31BrN2O11. The molecule has 2 aliphatic rings. The topological polar surface area (TPSA) is 155 Å². The Kier molecular flexibility index (Phi) is 10.2. The number of rotatable bonds is 5. The van der Waals surface area contributed by atoms with Crippen molar-refractivity contribution in [1.82, 2.24) is 0 Å². The van der Waals surface area contributed by atoms with Gasteiger partial charge >= 0.3 is 11.9 Å². The summed E-state index contributed by atoms with van der Waals surface area (Å²) >= 11 is 3.35. The molecule has 2 fully saturated rings. The molecule has 2 aromatic heterocycles. The van der Waals surface area contributed by atoms with Crippen LogP contribution in [0.2, 0.25) is 0 Å². The molecule has 0 unspecified atom stereocenters. The largest absolute Gasteiger partial charge is 0.465 e. The summed E-state index contributed by atoms with van der Waals surface area (Å²) in [6.07, 6.45) is 0. The van der Waals surface area contributed by atoms with E-state index in [2.05, 4.69) is 25.4 Å². The normalized spacial score (nSPS) is 14.9. The minimum absolute atomic E-state index is 0.140. The molecule has 0 N–H and O–H groups in total. The average Bonchev–Trinajstić information content (AvgIpc) is 3.08. The Hall–Kier alpha value is -4.53. The molecule has 14 heteroatoms. The zero-order chi connectivity index (χ0) is 33.0. The van der Waals surface area contributed by atoms with Crippen LogP contribution in [-0.4, -0.2) is 84.5 Å². The van der Waals surface area contributed by atoms with Crippen molar-refractivity contribution in [3.63, 3.8) is 0 Å². The Labute approximate surface area is 270 Å². The molecule has 6 rings (SSSR count). The third-order valence-electron chi connectivity index (χ3n) is 7.45. The molecule has 0 bridgehead atoms. The standard InChI is InChI=1S/C17H17NO6.C15H14BrNO5/c1-10(19)12-7-11(17(21)22-2)8-13-14(20)9-15(24-16(12)13)18-3-5-23-6-4-18;1-20-15(19)9-6-10-12(18)8-13(17-2-4-21-5-3-17)22-14(10)11(16)7-9/h7-9H,3-6H2,1-2H3;6-8H,2-5H2,1H3. The molecule has 0 spiro atoms. The van der Waals surface area contributed by atoms with Gasteiger partial charge in [0, 0.05) is 38.3 Å². The number of morpholine rings is 2. The fraction of sp³-hybridized carbons (Fsp3) is 0.344. The van der Waals surface area contributed by atoms with Gasteiger partial charge < -0.3 is 37.6 Å². The highest BCUT2D eigenvalue weighted by Gasteiger charge is 2.21. The molecular weight excluding hydrogens is 668 g/mol. The van der Waals surface area contributed by atoms with E-state index in [0.717, 1.165) is 0 Å². The molecule has 0 radical (unpaired) electrons. The number of fused-ring (bicyclic) bond motifs is 2. The Morgan fingerprint density at radius 2 is 1.11 bits per heavy atom. The minimum atomic E-state index is -0.615. The molecule has 2 saturated heterocycles. The zero-order valence-corrected chi connectivity index (χ0v) is 27.0. The number of anilines is 2. The molecule has 4 aromatic rings. The van der Waals surface area contributed by atoms with Crippen LogP contribution in [-0.2, 0) is 18.9 Å². The number of halogens is 1. The van der Waals surface area contributed by atoms with Crippen LogP contribution >= 0.6 is 15.9 Å². The Bertz CT molecular complexity index is 1920. The highest BCUT2D eigenvalue weighted by Crippen LogP contribution is 2.29. The Morgan fingerprint density at radius 3 is 1.57 bits per heavy atom. The molecule has 0 saturated carbocycles. The van der Waals surface area contributed by atoms with Crippen molar-refractivity contribution in [2.45, 2.75) is 6.92 Å². The summed E-state index contributed by atoms with van der Waals surface area (Å²) in [4.78, 5) is 64.1. The molecule has 242 valence electrons. The van der Waals surface area contributed by atoms with Crippen molar-refractivity contribution in [1.29, 1.82) is 0 Å². The van der Waals surface area contributed by atoms with Crippen LogP contribution in [0.4, 0.5) is 11.8 Å². The van der Waals surface area contributed by atoms with Crippen LogP contribution in [0.5, 0.6) is 0 Å². The monoisotopic (exact) mass is 698 g/mol. The van der Waals surface area contributed by atoms with E-state index in [0.29, 0.717) is 85.4 Å². The minimum Gasteiger partial charge on any atom is -0.465 e. The number of carbonyl (C=O) groups excluding carboxylic acids is 3. The first-order valence-corrected chi connectivity index (χ1v) is 15.1. The number of nitrogens with zero attached hydrogens (tertiary/aromatic N) is 2. The van der Waals surface area contributed by atoms with E-state index in [9.17, 15) is 24.0 Å². The Morgan fingerprint density at radius 1 is 0.674 bits per heavy atom. The van der Waals surface area contributed by atoms with Crippen molar-refractivity contribution in [2.24, 2.45) is 0 Å². The quantitative estimate of drug-likeness (QED) is 0.219. The molecule has 0 amide bonds. The van der Waals surface area contributed by atoms with E-state index in [1.54, 1.807) is 6.07 Å². The lowest BCUT2D eigenvalue weighted by molar-refractivity contribution is 0.0592. The number of Topliss-reactive ketones (excluding diaryl/α,β-unsaturated/α-hetero) is 1. The van der Waals surface area contributed by atoms with Gasteiger partial charge in [0.15, 0.2) is 39.6 Å². The van der Waals surface area contributed by atoms with Crippen LogP contribution in [0.3, 0.4) is 0 Å². The molecule has 2 aromatic carbocycles. The second-order valence-electron chi connectivity index (χ2n) is 10.4. The second kappa shape index (κ2) is 14.3. The Balaban J connectivity index is 0.000000182. The summed E-state index contributed by atoms with van der Waals surface area (Å²) in [5.74, 6) is -0.514. The first-order chi connectivity index (χ1) is 22.1. The number of ketones is 1. The van der Waals surface area contributed by atoms with Crippen molar-refractivity contribution >= 4 is 67.4 Å². The van der Waals surface area contributed by atoms with E-state index in [1.165, 1.54) is 51.5 Å². The first-order valence-electron chi connectivity index (χ1n) is 14.3. The van der Waals surface area contributed by atoms with E-state index in [4.69, 9.17) is 18.3 Å². The van der Waals surface area contributed by atoms with Gasteiger partial charge in [-0.2, -0.15) is 0 Å². The van der Waals surface area contributed by atoms with Gasteiger partial charge in [0.2, 0.25) is 0 Å². The number of hydrogen-bond acceptors (Lipinski definition) is 13. The maximum Gasteiger partial charge on any atom is 0.337 e. The van der Waals surface area contributed by atoms with Gasteiger partial charge in [0.25, 0.3) is 0 Å². The number of esters is 2. The number of benzene rings is 2. The SMILES string of the molecule is COC(=O)c1cc(Br)c2oc(N3CCOCC3)cc(=O)c2c1.COC(=O)c1cc(C(C)=O)c2oc(N3CCOCC3)cc(=O)c2c1. The number of ether oxygens (including phenoxy) is 4. The van der Waals surface area contributed by atoms with Gasteiger partial charge in [-0.3, -0.25) is 14.4 Å². The number of carbonyl (C=O) groups is 3. The summed E-state index contributed by atoms with van der Waals surface area (Å²) in [5.41, 5.74) is 0.709. The van der Waals surface area contributed by atoms with Gasteiger partial charge in [0.05, 0.1) is 72.6 Å². The van der Waals surface area contributed by atoms with Crippen LogP contribution in [0.25, 0.3) is 21.9 Å². The maximum atomic E-state index is 12.5. The molecule has 46 heavy (non-hydrogen) atoms.